The molecular weight excluding hydrogens is 240 g/mol. The van der Waals surface area contributed by atoms with Gasteiger partial charge in [-0.15, -0.1) is 0 Å². The molecule has 0 spiro atoms. The van der Waals surface area contributed by atoms with E-state index in [0.717, 1.165) is 43.9 Å². The Labute approximate surface area is 114 Å². The Morgan fingerprint density at radius 3 is 3.21 bits per heavy atom. The molecule has 1 aromatic rings. The average molecular weight is 262 g/mol. The number of piperidine rings is 1. The standard InChI is InChI=1S/C14H22N4O/c1-2-9-19-12-6-3-7-17-14(12)18-8-4-5-11(10-18)13(15)16/h3,6-7,11H,2,4-5,8-10H2,1H3,(H3,15,16). The SMILES string of the molecule is CCCOc1cccnc1N1CCCC(C(=N)N)C1. The summed E-state index contributed by atoms with van der Waals surface area (Å²) in [5, 5.41) is 7.61. The molecular formula is C14H22N4O. The summed E-state index contributed by atoms with van der Waals surface area (Å²) in [5.74, 6) is 2.11. The summed E-state index contributed by atoms with van der Waals surface area (Å²) in [5.41, 5.74) is 5.63. The van der Waals surface area contributed by atoms with E-state index in [2.05, 4.69) is 16.8 Å². The van der Waals surface area contributed by atoms with Gasteiger partial charge >= 0.3 is 0 Å². The molecule has 1 aliphatic rings. The van der Waals surface area contributed by atoms with Gasteiger partial charge in [0.1, 0.15) is 0 Å². The quantitative estimate of drug-likeness (QED) is 0.629. The van der Waals surface area contributed by atoms with Crippen LogP contribution in [0, 0.1) is 11.3 Å². The topological polar surface area (TPSA) is 75.2 Å². The van der Waals surface area contributed by atoms with Crippen LogP contribution in [-0.2, 0) is 0 Å². The fourth-order valence-corrected chi connectivity index (χ4v) is 2.37. The van der Waals surface area contributed by atoms with Crippen molar-refractivity contribution in [2.75, 3.05) is 24.6 Å². The number of rotatable bonds is 5. The van der Waals surface area contributed by atoms with Crippen LogP contribution in [0.4, 0.5) is 5.82 Å². The summed E-state index contributed by atoms with van der Waals surface area (Å²) in [7, 11) is 0. The van der Waals surface area contributed by atoms with E-state index in [-0.39, 0.29) is 11.8 Å². The van der Waals surface area contributed by atoms with Gasteiger partial charge in [-0.05, 0) is 31.4 Å². The molecule has 19 heavy (non-hydrogen) atoms. The molecule has 1 aliphatic heterocycles. The number of hydrogen-bond acceptors (Lipinski definition) is 4. The lowest BCUT2D eigenvalue weighted by Crippen LogP contribution is -2.41. The maximum atomic E-state index is 7.61. The number of aromatic nitrogens is 1. The van der Waals surface area contributed by atoms with Gasteiger partial charge in [0.25, 0.3) is 0 Å². The van der Waals surface area contributed by atoms with E-state index in [1.807, 2.05) is 12.1 Å². The Morgan fingerprint density at radius 1 is 1.63 bits per heavy atom. The van der Waals surface area contributed by atoms with Crippen LogP contribution in [0.5, 0.6) is 5.75 Å². The van der Waals surface area contributed by atoms with E-state index in [1.54, 1.807) is 6.20 Å². The fourth-order valence-electron chi connectivity index (χ4n) is 2.37. The van der Waals surface area contributed by atoms with Crippen molar-refractivity contribution in [3.8, 4) is 5.75 Å². The van der Waals surface area contributed by atoms with Crippen LogP contribution < -0.4 is 15.4 Å². The highest BCUT2D eigenvalue weighted by molar-refractivity contribution is 5.80. The molecule has 0 bridgehead atoms. The van der Waals surface area contributed by atoms with Gasteiger partial charge in [-0.25, -0.2) is 4.98 Å². The summed E-state index contributed by atoms with van der Waals surface area (Å²) < 4.78 is 5.75. The number of nitrogens with zero attached hydrogens (tertiary/aromatic N) is 2. The third kappa shape index (κ3) is 3.36. The van der Waals surface area contributed by atoms with Crippen LogP contribution in [-0.4, -0.2) is 30.5 Å². The van der Waals surface area contributed by atoms with Gasteiger partial charge in [-0.2, -0.15) is 0 Å². The van der Waals surface area contributed by atoms with Gasteiger partial charge in [-0.3, -0.25) is 5.41 Å². The number of ether oxygens (including phenoxy) is 1. The van der Waals surface area contributed by atoms with E-state index < -0.39 is 0 Å². The third-order valence-electron chi connectivity index (χ3n) is 3.37. The van der Waals surface area contributed by atoms with Crippen LogP contribution in [0.2, 0.25) is 0 Å². The van der Waals surface area contributed by atoms with Crippen molar-refractivity contribution in [1.82, 2.24) is 4.98 Å². The Bertz CT molecular complexity index is 435. The molecule has 3 N–H and O–H groups in total. The fraction of sp³-hybridized carbons (Fsp3) is 0.571. The van der Waals surface area contributed by atoms with Crippen LogP contribution in [0.3, 0.4) is 0 Å². The molecule has 5 nitrogen and oxygen atoms in total. The molecule has 0 radical (unpaired) electrons. The van der Waals surface area contributed by atoms with E-state index in [4.69, 9.17) is 15.9 Å². The second-order valence-corrected chi connectivity index (χ2v) is 4.91. The number of pyridine rings is 1. The minimum absolute atomic E-state index is 0.134. The van der Waals surface area contributed by atoms with Crippen LogP contribution in [0.25, 0.3) is 0 Å². The number of anilines is 1. The number of hydrogen-bond donors (Lipinski definition) is 2. The normalized spacial score (nSPS) is 19.2. The lowest BCUT2D eigenvalue weighted by molar-refractivity contribution is 0.315. The molecule has 0 aromatic carbocycles. The summed E-state index contributed by atoms with van der Waals surface area (Å²) in [6.45, 7) is 4.49. The molecule has 2 heterocycles. The van der Waals surface area contributed by atoms with E-state index in [0.29, 0.717) is 6.61 Å². The zero-order valence-corrected chi connectivity index (χ0v) is 11.4. The highest BCUT2D eigenvalue weighted by Gasteiger charge is 2.24. The van der Waals surface area contributed by atoms with Crippen molar-refractivity contribution in [2.24, 2.45) is 11.7 Å². The van der Waals surface area contributed by atoms with Crippen LogP contribution in [0.15, 0.2) is 18.3 Å². The molecule has 0 amide bonds. The Morgan fingerprint density at radius 2 is 2.47 bits per heavy atom. The minimum Gasteiger partial charge on any atom is -0.490 e. The second kappa shape index (κ2) is 6.41. The maximum absolute atomic E-state index is 7.61. The molecule has 1 aromatic heterocycles. The van der Waals surface area contributed by atoms with E-state index in [1.165, 1.54) is 0 Å². The van der Waals surface area contributed by atoms with Gasteiger partial charge in [0.05, 0.1) is 12.4 Å². The summed E-state index contributed by atoms with van der Waals surface area (Å²) >= 11 is 0. The summed E-state index contributed by atoms with van der Waals surface area (Å²) in [4.78, 5) is 6.62. The van der Waals surface area contributed by atoms with Crippen molar-refractivity contribution in [1.29, 1.82) is 5.41 Å². The maximum Gasteiger partial charge on any atom is 0.171 e. The highest BCUT2D eigenvalue weighted by atomic mass is 16.5. The first-order chi connectivity index (χ1) is 9.22. The number of nitrogens with one attached hydrogen (secondary N) is 1. The van der Waals surface area contributed by atoms with Crippen molar-refractivity contribution in [2.45, 2.75) is 26.2 Å². The summed E-state index contributed by atoms with van der Waals surface area (Å²) in [6, 6.07) is 3.84. The first-order valence-corrected chi connectivity index (χ1v) is 6.89. The smallest absolute Gasteiger partial charge is 0.171 e. The predicted octanol–water partition coefficient (Wildman–Crippen LogP) is 2.02. The molecule has 2 rings (SSSR count). The van der Waals surface area contributed by atoms with E-state index in [9.17, 15) is 0 Å². The largest absolute Gasteiger partial charge is 0.490 e. The van der Waals surface area contributed by atoms with Crippen molar-refractivity contribution < 1.29 is 4.74 Å². The van der Waals surface area contributed by atoms with Crippen LogP contribution in [0.1, 0.15) is 26.2 Å². The minimum atomic E-state index is 0.134. The van der Waals surface area contributed by atoms with Crippen molar-refractivity contribution in [3.05, 3.63) is 18.3 Å². The predicted molar refractivity (Wildman–Crippen MR) is 76.9 cm³/mol. The Hall–Kier alpha value is -1.78. The molecule has 104 valence electrons. The summed E-state index contributed by atoms with van der Waals surface area (Å²) in [6.07, 6.45) is 4.79. The molecule has 0 saturated carbocycles. The van der Waals surface area contributed by atoms with Gasteiger partial charge in [-0.1, -0.05) is 6.92 Å². The highest BCUT2D eigenvalue weighted by Crippen LogP contribution is 2.29. The van der Waals surface area contributed by atoms with Crippen molar-refractivity contribution >= 4 is 11.7 Å². The third-order valence-corrected chi connectivity index (χ3v) is 3.37. The number of amidine groups is 1. The van der Waals surface area contributed by atoms with Crippen molar-refractivity contribution in [3.63, 3.8) is 0 Å². The monoisotopic (exact) mass is 262 g/mol. The molecule has 5 heteroatoms. The molecule has 1 saturated heterocycles. The van der Waals surface area contributed by atoms with Gasteiger partial charge < -0.3 is 15.4 Å². The molecule has 1 atom stereocenters. The van der Waals surface area contributed by atoms with E-state index >= 15 is 0 Å². The lowest BCUT2D eigenvalue weighted by Gasteiger charge is -2.33. The lowest BCUT2D eigenvalue weighted by atomic mass is 9.97. The zero-order valence-electron chi connectivity index (χ0n) is 11.4. The van der Waals surface area contributed by atoms with Gasteiger partial charge in [0, 0.05) is 25.2 Å². The second-order valence-electron chi connectivity index (χ2n) is 4.91. The molecule has 1 fully saturated rings. The molecule has 1 unspecified atom stereocenters. The first kappa shape index (κ1) is 13.6. The zero-order chi connectivity index (χ0) is 13.7. The van der Waals surface area contributed by atoms with Gasteiger partial charge in [0.15, 0.2) is 11.6 Å². The molecule has 0 aliphatic carbocycles. The first-order valence-electron chi connectivity index (χ1n) is 6.89. The average Bonchev–Trinajstić information content (AvgIpc) is 2.45. The van der Waals surface area contributed by atoms with Crippen LogP contribution >= 0.6 is 0 Å². The Balaban J connectivity index is 2.14. The number of nitrogens with two attached hydrogens (primary N) is 1. The van der Waals surface area contributed by atoms with Gasteiger partial charge in [0.2, 0.25) is 0 Å². The Kier molecular flexibility index (Phi) is 4.60.